The molecule has 1 fully saturated rings. The third-order valence-electron chi connectivity index (χ3n) is 5.62. The number of fused-ring (bicyclic) bond motifs is 1. The van der Waals surface area contributed by atoms with E-state index in [9.17, 15) is 4.79 Å². The van der Waals surface area contributed by atoms with Gasteiger partial charge >= 0.3 is 5.76 Å². The first-order chi connectivity index (χ1) is 13.2. The second-order valence-corrected chi connectivity index (χ2v) is 7.35. The van der Waals surface area contributed by atoms with Crippen LogP contribution < -0.4 is 10.5 Å². The van der Waals surface area contributed by atoms with Gasteiger partial charge in [-0.3, -0.25) is 9.47 Å². The van der Waals surface area contributed by atoms with Crippen LogP contribution in [0.3, 0.4) is 0 Å². The van der Waals surface area contributed by atoms with E-state index in [1.54, 1.807) is 11.7 Å². The Bertz CT molecular complexity index is 934. The summed E-state index contributed by atoms with van der Waals surface area (Å²) in [5.41, 5.74) is 2.91. The summed E-state index contributed by atoms with van der Waals surface area (Å²) < 4.78 is 12.3. The third-order valence-corrected chi connectivity index (χ3v) is 5.62. The Morgan fingerprint density at radius 3 is 2.56 bits per heavy atom. The Kier molecular flexibility index (Phi) is 5.30. The van der Waals surface area contributed by atoms with Gasteiger partial charge in [0, 0.05) is 13.1 Å². The molecule has 0 atom stereocenters. The van der Waals surface area contributed by atoms with Crippen molar-refractivity contribution in [2.45, 2.75) is 32.4 Å². The van der Waals surface area contributed by atoms with Crippen molar-refractivity contribution in [2.24, 2.45) is 5.92 Å². The minimum Gasteiger partial charge on any atom is -0.497 e. The number of methoxy groups -OCH3 is 1. The Hall–Kier alpha value is -2.53. The van der Waals surface area contributed by atoms with Crippen LogP contribution in [0.4, 0.5) is 0 Å². The number of hydrogen-bond donors (Lipinski definition) is 0. The molecule has 0 saturated carbocycles. The van der Waals surface area contributed by atoms with Gasteiger partial charge in [0.25, 0.3) is 0 Å². The summed E-state index contributed by atoms with van der Waals surface area (Å²) in [7, 11) is 1.70. The zero-order valence-electron chi connectivity index (χ0n) is 15.8. The van der Waals surface area contributed by atoms with E-state index in [1.807, 2.05) is 36.4 Å². The minimum atomic E-state index is -0.266. The highest BCUT2D eigenvalue weighted by molar-refractivity contribution is 5.72. The van der Waals surface area contributed by atoms with E-state index in [2.05, 4.69) is 17.0 Å². The zero-order valence-corrected chi connectivity index (χ0v) is 15.8. The van der Waals surface area contributed by atoms with E-state index in [1.165, 1.54) is 24.8 Å². The van der Waals surface area contributed by atoms with Crippen molar-refractivity contribution in [3.05, 3.63) is 64.6 Å². The van der Waals surface area contributed by atoms with Crippen molar-refractivity contribution in [3.8, 4) is 5.75 Å². The highest BCUT2D eigenvalue weighted by Gasteiger charge is 2.20. The lowest BCUT2D eigenvalue weighted by Crippen LogP contribution is -2.37. The number of ether oxygens (including phenoxy) is 1. The van der Waals surface area contributed by atoms with Gasteiger partial charge in [-0.25, -0.2) is 4.79 Å². The lowest BCUT2D eigenvalue weighted by atomic mass is 9.90. The maximum atomic E-state index is 12.1. The molecule has 1 aliphatic heterocycles. The number of para-hydroxylation sites is 2. The normalized spacial score (nSPS) is 16.0. The summed E-state index contributed by atoms with van der Waals surface area (Å²) >= 11 is 0. The predicted molar refractivity (Wildman–Crippen MR) is 106 cm³/mol. The van der Waals surface area contributed by atoms with Gasteiger partial charge < -0.3 is 9.15 Å². The lowest BCUT2D eigenvalue weighted by Gasteiger charge is -2.31. The fourth-order valence-electron chi connectivity index (χ4n) is 3.93. The number of aromatic nitrogens is 1. The van der Waals surface area contributed by atoms with Gasteiger partial charge in [-0.15, -0.1) is 0 Å². The summed E-state index contributed by atoms with van der Waals surface area (Å²) in [6, 6.07) is 16.0. The quantitative estimate of drug-likeness (QED) is 0.664. The van der Waals surface area contributed by atoms with E-state index < -0.39 is 0 Å². The molecule has 2 aromatic carbocycles. The van der Waals surface area contributed by atoms with Crippen LogP contribution in [-0.2, 0) is 13.1 Å². The van der Waals surface area contributed by atoms with Gasteiger partial charge in [0.1, 0.15) is 5.75 Å². The molecule has 4 rings (SSSR count). The van der Waals surface area contributed by atoms with E-state index in [0.29, 0.717) is 12.3 Å². The Balaban J connectivity index is 1.29. The third kappa shape index (κ3) is 4.08. The van der Waals surface area contributed by atoms with Crippen molar-refractivity contribution < 1.29 is 9.15 Å². The summed E-state index contributed by atoms with van der Waals surface area (Å²) in [5.74, 6) is 1.40. The molecule has 5 heteroatoms. The van der Waals surface area contributed by atoms with Crippen LogP contribution in [0.1, 0.15) is 24.8 Å². The van der Waals surface area contributed by atoms with Crippen LogP contribution in [0.2, 0.25) is 0 Å². The number of likely N-dealkylation sites (tertiary alicyclic amines) is 1. The van der Waals surface area contributed by atoms with Gasteiger partial charge in [0.05, 0.1) is 19.3 Å². The SMILES string of the molecule is COc1ccc(CCC2CCN(Cn3c(=O)oc4ccccc43)CC2)cc1. The van der Waals surface area contributed by atoms with Crippen LogP contribution in [-0.4, -0.2) is 29.7 Å². The minimum absolute atomic E-state index is 0.266. The summed E-state index contributed by atoms with van der Waals surface area (Å²) in [6.07, 6.45) is 4.69. The van der Waals surface area contributed by atoms with Crippen LogP contribution in [0.5, 0.6) is 5.75 Å². The molecule has 1 saturated heterocycles. The van der Waals surface area contributed by atoms with Gasteiger partial charge in [-0.05, 0) is 61.4 Å². The standard InChI is InChI=1S/C22H26N2O3/c1-26-19-10-8-17(9-11-19)6-7-18-12-14-23(15-13-18)16-24-20-4-2-3-5-21(20)27-22(24)25/h2-5,8-11,18H,6-7,12-16H2,1H3. The predicted octanol–water partition coefficient (Wildman–Crippen LogP) is 3.91. The van der Waals surface area contributed by atoms with Gasteiger partial charge in [-0.1, -0.05) is 24.3 Å². The first-order valence-corrected chi connectivity index (χ1v) is 9.66. The van der Waals surface area contributed by atoms with Crippen molar-refractivity contribution in [1.82, 2.24) is 9.47 Å². The molecule has 0 N–H and O–H groups in total. The topological polar surface area (TPSA) is 47.6 Å². The highest BCUT2D eigenvalue weighted by atomic mass is 16.5. The van der Waals surface area contributed by atoms with Gasteiger partial charge in [0.2, 0.25) is 0 Å². The molecule has 27 heavy (non-hydrogen) atoms. The van der Waals surface area contributed by atoms with Crippen molar-refractivity contribution >= 4 is 11.1 Å². The van der Waals surface area contributed by atoms with Gasteiger partial charge in [0.15, 0.2) is 5.58 Å². The average molecular weight is 366 g/mol. The van der Waals surface area contributed by atoms with Crippen LogP contribution >= 0.6 is 0 Å². The lowest BCUT2D eigenvalue weighted by molar-refractivity contribution is 0.142. The largest absolute Gasteiger partial charge is 0.497 e. The average Bonchev–Trinajstić information content (AvgIpc) is 3.03. The van der Waals surface area contributed by atoms with Crippen LogP contribution in [0, 0.1) is 5.92 Å². The molecule has 2 heterocycles. The summed E-state index contributed by atoms with van der Waals surface area (Å²) in [5, 5.41) is 0. The Morgan fingerprint density at radius 1 is 1.07 bits per heavy atom. The molecule has 0 bridgehead atoms. The number of aryl methyl sites for hydroxylation is 1. The molecule has 0 amide bonds. The van der Waals surface area contributed by atoms with Crippen LogP contribution in [0.15, 0.2) is 57.7 Å². The molecule has 1 aliphatic rings. The summed E-state index contributed by atoms with van der Waals surface area (Å²) in [4.78, 5) is 14.5. The number of benzene rings is 2. The Labute approximate surface area is 159 Å². The molecular formula is C22H26N2O3. The van der Waals surface area contributed by atoms with Crippen LogP contribution in [0.25, 0.3) is 11.1 Å². The number of hydrogen-bond acceptors (Lipinski definition) is 4. The van der Waals surface area contributed by atoms with E-state index in [0.717, 1.165) is 36.7 Å². The van der Waals surface area contributed by atoms with Crippen molar-refractivity contribution in [3.63, 3.8) is 0 Å². The molecule has 3 aromatic rings. The van der Waals surface area contributed by atoms with E-state index in [-0.39, 0.29) is 5.76 Å². The first-order valence-electron chi connectivity index (χ1n) is 9.66. The number of rotatable bonds is 6. The molecule has 0 spiro atoms. The molecule has 0 radical (unpaired) electrons. The zero-order chi connectivity index (χ0) is 18.6. The first kappa shape index (κ1) is 17.9. The second-order valence-electron chi connectivity index (χ2n) is 7.35. The number of oxazole rings is 1. The van der Waals surface area contributed by atoms with Gasteiger partial charge in [-0.2, -0.15) is 0 Å². The highest BCUT2D eigenvalue weighted by Crippen LogP contribution is 2.24. The fourth-order valence-corrected chi connectivity index (χ4v) is 3.93. The smallest absolute Gasteiger partial charge is 0.421 e. The second kappa shape index (κ2) is 8.01. The van der Waals surface area contributed by atoms with Crippen molar-refractivity contribution in [1.29, 1.82) is 0 Å². The molecular weight excluding hydrogens is 340 g/mol. The monoisotopic (exact) mass is 366 g/mol. The number of piperidine rings is 1. The maximum Gasteiger partial charge on any atom is 0.421 e. The number of nitrogens with zero attached hydrogens (tertiary/aromatic N) is 2. The van der Waals surface area contributed by atoms with E-state index in [4.69, 9.17) is 9.15 Å². The summed E-state index contributed by atoms with van der Waals surface area (Å²) in [6.45, 7) is 2.67. The maximum absolute atomic E-state index is 12.1. The molecule has 0 unspecified atom stereocenters. The molecule has 5 nitrogen and oxygen atoms in total. The molecule has 0 aliphatic carbocycles. The fraction of sp³-hybridized carbons (Fsp3) is 0.409. The molecule has 142 valence electrons. The van der Waals surface area contributed by atoms with E-state index >= 15 is 0 Å². The Morgan fingerprint density at radius 2 is 1.81 bits per heavy atom. The van der Waals surface area contributed by atoms with Crippen molar-refractivity contribution in [2.75, 3.05) is 20.2 Å². The molecule has 1 aromatic heterocycles.